The molecule has 0 saturated carbocycles. The van der Waals surface area contributed by atoms with Crippen LogP contribution in [-0.4, -0.2) is 20.6 Å². The molecule has 0 saturated heterocycles. The van der Waals surface area contributed by atoms with Gasteiger partial charge in [-0.2, -0.15) is 4.98 Å². The molecule has 7 heteroatoms. The van der Waals surface area contributed by atoms with Crippen LogP contribution in [0.25, 0.3) is 11.1 Å². The van der Waals surface area contributed by atoms with Crippen molar-refractivity contribution in [1.29, 1.82) is 0 Å². The summed E-state index contributed by atoms with van der Waals surface area (Å²) in [5.74, 6) is 0.168. The minimum absolute atomic E-state index is 0.200. The molecule has 26 heavy (non-hydrogen) atoms. The Bertz CT molecular complexity index is 1050. The Balaban J connectivity index is 2.03. The summed E-state index contributed by atoms with van der Waals surface area (Å²) in [4.78, 5) is 30.1. The third-order valence-corrected chi connectivity index (χ3v) is 4.53. The Labute approximate surface area is 151 Å². The van der Waals surface area contributed by atoms with E-state index in [2.05, 4.69) is 15.5 Å². The lowest BCUT2D eigenvalue weighted by Gasteiger charge is -2.20. The van der Waals surface area contributed by atoms with Gasteiger partial charge in [0.15, 0.2) is 0 Å². The first-order valence-electron chi connectivity index (χ1n) is 8.56. The quantitative estimate of drug-likeness (QED) is 0.777. The highest BCUT2D eigenvalue weighted by atomic mass is 16.5. The number of nitrogens with zero attached hydrogens (tertiary/aromatic N) is 3. The van der Waals surface area contributed by atoms with Crippen molar-refractivity contribution in [2.24, 2.45) is 0 Å². The summed E-state index contributed by atoms with van der Waals surface area (Å²) in [6.45, 7) is 9.17. The number of rotatable bonds is 4. The fourth-order valence-electron chi connectivity index (χ4n) is 3.17. The Morgan fingerprint density at radius 1 is 1.27 bits per heavy atom. The Kier molecular flexibility index (Phi) is 4.63. The Hall–Kier alpha value is -2.96. The van der Waals surface area contributed by atoms with Crippen molar-refractivity contribution < 1.29 is 9.32 Å². The first kappa shape index (κ1) is 17.8. The molecule has 3 rings (SSSR count). The summed E-state index contributed by atoms with van der Waals surface area (Å²) < 4.78 is 6.51. The van der Waals surface area contributed by atoms with Crippen molar-refractivity contribution in [3.8, 4) is 0 Å². The van der Waals surface area contributed by atoms with Crippen LogP contribution in [0.15, 0.2) is 27.5 Å². The van der Waals surface area contributed by atoms with Crippen molar-refractivity contribution >= 4 is 22.7 Å². The molecule has 3 aromatic rings. The van der Waals surface area contributed by atoms with Crippen LogP contribution in [-0.2, 0) is 4.79 Å². The number of fused-ring (bicyclic) bond motifs is 1. The molecular formula is C19H22N4O3. The molecule has 0 aliphatic rings. The van der Waals surface area contributed by atoms with Gasteiger partial charge >= 0.3 is 0 Å². The molecule has 0 aliphatic heterocycles. The molecule has 2 heterocycles. The number of amides is 1. The minimum atomic E-state index is -0.672. The molecule has 0 fully saturated rings. The normalized spacial score (nSPS) is 12.3. The summed E-state index contributed by atoms with van der Waals surface area (Å²) in [5, 5.41) is 7.05. The highest BCUT2D eigenvalue weighted by Gasteiger charge is 2.25. The van der Waals surface area contributed by atoms with Crippen LogP contribution >= 0.6 is 0 Å². The number of aryl methyl sites for hydroxylation is 4. The lowest BCUT2D eigenvalue weighted by Crippen LogP contribution is -2.35. The van der Waals surface area contributed by atoms with Gasteiger partial charge < -0.3 is 9.84 Å². The summed E-state index contributed by atoms with van der Waals surface area (Å²) in [7, 11) is 0. The highest BCUT2D eigenvalue weighted by molar-refractivity contribution is 5.94. The second-order valence-electron chi connectivity index (χ2n) is 6.51. The van der Waals surface area contributed by atoms with Crippen molar-refractivity contribution in [3.05, 3.63) is 51.2 Å². The van der Waals surface area contributed by atoms with Crippen molar-refractivity contribution in [1.82, 2.24) is 14.7 Å². The molecule has 136 valence electrons. The number of nitrogens with one attached hydrogen (secondary N) is 1. The summed E-state index contributed by atoms with van der Waals surface area (Å²) in [5.41, 5.74) is 3.19. The van der Waals surface area contributed by atoms with Gasteiger partial charge in [0, 0.05) is 5.69 Å². The molecule has 1 amide bonds. The van der Waals surface area contributed by atoms with Gasteiger partial charge in [0.2, 0.25) is 5.91 Å². The summed E-state index contributed by atoms with van der Waals surface area (Å²) in [6, 6.07) is 5.14. The molecule has 0 spiro atoms. The molecule has 0 radical (unpaired) electrons. The number of carbonyl (C=O) groups excluding carboxylic acids is 1. The van der Waals surface area contributed by atoms with Gasteiger partial charge in [0.25, 0.3) is 11.3 Å². The molecule has 0 bridgehead atoms. The van der Waals surface area contributed by atoms with E-state index in [4.69, 9.17) is 4.52 Å². The Morgan fingerprint density at radius 2 is 2.00 bits per heavy atom. The molecule has 1 N–H and O–H groups in total. The predicted octanol–water partition coefficient (Wildman–Crippen LogP) is 3.21. The van der Waals surface area contributed by atoms with E-state index in [1.165, 1.54) is 4.57 Å². The van der Waals surface area contributed by atoms with Gasteiger partial charge in [-0.3, -0.25) is 14.2 Å². The fraction of sp³-hybridized carbons (Fsp3) is 0.368. The lowest BCUT2D eigenvalue weighted by molar-refractivity contribution is -0.119. The van der Waals surface area contributed by atoms with Gasteiger partial charge in [0.05, 0.1) is 5.69 Å². The number of hydrogen-bond acceptors (Lipinski definition) is 5. The van der Waals surface area contributed by atoms with Crippen LogP contribution in [0.2, 0.25) is 0 Å². The predicted molar refractivity (Wildman–Crippen MR) is 99.4 cm³/mol. The van der Waals surface area contributed by atoms with Crippen molar-refractivity contribution in [2.75, 3.05) is 5.32 Å². The van der Waals surface area contributed by atoms with E-state index in [-0.39, 0.29) is 17.2 Å². The van der Waals surface area contributed by atoms with E-state index in [1.807, 2.05) is 39.0 Å². The summed E-state index contributed by atoms with van der Waals surface area (Å²) in [6.07, 6.45) is 0.453. The maximum Gasteiger partial charge on any atom is 0.267 e. The first-order valence-corrected chi connectivity index (χ1v) is 8.56. The average molecular weight is 354 g/mol. The SMILES string of the molecule is CC[C@@H](C(=O)Nc1ccc(C)cc1C)n1c(C)nc2onc(C)c2c1=O. The van der Waals surface area contributed by atoms with E-state index in [0.29, 0.717) is 23.3 Å². The van der Waals surface area contributed by atoms with E-state index in [9.17, 15) is 9.59 Å². The summed E-state index contributed by atoms with van der Waals surface area (Å²) >= 11 is 0. The first-order chi connectivity index (χ1) is 12.3. The van der Waals surface area contributed by atoms with Gasteiger partial charge in [-0.1, -0.05) is 29.8 Å². The second-order valence-corrected chi connectivity index (χ2v) is 6.51. The van der Waals surface area contributed by atoms with Gasteiger partial charge in [0.1, 0.15) is 17.3 Å². The van der Waals surface area contributed by atoms with Gasteiger partial charge in [-0.15, -0.1) is 0 Å². The zero-order valence-electron chi connectivity index (χ0n) is 15.6. The molecule has 7 nitrogen and oxygen atoms in total. The zero-order valence-corrected chi connectivity index (χ0v) is 15.6. The third-order valence-electron chi connectivity index (χ3n) is 4.53. The zero-order chi connectivity index (χ0) is 19.0. The second kappa shape index (κ2) is 6.74. The van der Waals surface area contributed by atoms with E-state index in [0.717, 1.165) is 16.8 Å². The smallest absolute Gasteiger partial charge is 0.267 e. The molecule has 0 unspecified atom stereocenters. The third kappa shape index (κ3) is 3.00. The number of anilines is 1. The van der Waals surface area contributed by atoms with E-state index >= 15 is 0 Å². The average Bonchev–Trinajstić information content (AvgIpc) is 2.94. The topological polar surface area (TPSA) is 90.0 Å². The number of aromatic nitrogens is 3. The molecule has 1 aromatic carbocycles. The van der Waals surface area contributed by atoms with Gasteiger partial charge in [-0.05, 0) is 45.7 Å². The molecular weight excluding hydrogens is 332 g/mol. The molecule has 0 aliphatic carbocycles. The van der Waals surface area contributed by atoms with Crippen LogP contribution in [0.5, 0.6) is 0 Å². The van der Waals surface area contributed by atoms with Crippen LogP contribution in [0.4, 0.5) is 5.69 Å². The maximum absolute atomic E-state index is 12.9. The maximum atomic E-state index is 12.9. The van der Waals surface area contributed by atoms with Crippen LogP contribution in [0, 0.1) is 27.7 Å². The number of carbonyl (C=O) groups is 1. The number of benzene rings is 1. The Morgan fingerprint density at radius 3 is 2.65 bits per heavy atom. The van der Waals surface area contributed by atoms with Crippen LogP contribution < -0.4 is 10.9 Å². The lowest BCUT2D eigenvalue weighted by atomic mass is 10.1. The fourth-order valence-corrected chi connectivity index (χ4v) is 3.17. The van der Waals surface area contributed by atoms with Crippen LogP contribution in [0.1, 0.15) is 42.0 Å². The van der Waals surface area contributed by atoms with Crippen molar-refractivity contribution in [3.63, 3.8) is 0 Å². The monoisotopic (exact) mass is 354 g/mol. The number of hydrogen-bond donors (Lipinski definition) is 1. The standard InChI is InChI=1S/C19H22N4O3/c1-6-15(17(24)21-14-8-7-10(2)9-11(14)3)23-13(5)20-18-16(19(23)25)12(4)22-26-18/h7-9,15H,6H2,1-5H3,(H,21,24)/t15-/m0/s1. The van der Waals surface area contributed by atoms with E-state index in [1.54, 1.807) is 13.8 Å². The van der Waals surface area contributed by atoms with E-state index < -0.39 is 6.04 Å². The van der Waals surface area contributed by atoms with Crippen LogP contribution in [0.3, 0.4) is 0 Å². The minimum Gasteiger partial charge on any atom is -0.335 e. The molecule has 2 aromatic heterocycles. The van der Waals surface area contributed by atoms with Gasteiger partial charge in [-0.25, -0.2) is 0 Å². The molecule has 1 atom stereocenters. The highest BCUT2D eigenvalue weighted by Crippen LogP contribution is 2.21. The largest absolute Gasteiger partial charge is 0.335 e. The van der Waals surface area contributed by atoms with Crippen molar-refractivity contribution in [2.45, 2.75) is 47.1 Å².